The van der Waals surface area contributed by atoms with Crippen LogP contribution in [0.1, 0.15) is 30.3 Å². The van der Waals surface area contributed by atoms with Crippen molar-refractivity contribution in [3.05, 3.63) is 16.5 Å². The minimum atomic E-state index is -3.92. The van der Waals surface area contributed by atoms with Crippen LogP contribution in [0, 0.1) is 0 Å². The van der Waals surface area contributed by atoms with Crippen LogP contribution in [0.5, 0.6) is 0 Å². The van der Waals surface area contributed by atoms with Crippen molar-refractivity contribution in [2.24, 2.45) is 5.14 Å². The Bertz CT molecular complexity index is 507. The first-order valence-electron chi connectivity index (χ1n) is 4.85. The van der Waals surface area contributed by atoms with Crippen molar-refractivity contribution in [1.82, 2.24) is 0 Å². The van der Waals surface area contributed by atoms with Gasteiger partial charge in [-0.05, 0) is 22.4 Å². The molecule has 1 heterocycles. The zero-order chi connectivity index (χ0) is 13.1. The van der Waals surface area contributed by atoms with Crippen LogP contribution in [0.3, 0.4) is 0 Å². The van der Waals surface area contributed by atoms with Gasteiger partial charge in [0, 0.05) is 6.07 Å². The number of ether oxygens (including phenoxy) is 1. The van der Waals surface area contributed by atoms with Gasteiger partial charge in [-0.2, -0.15) is 0 Å². The Morgan fingerprint density at radius 2 is 2.24 bits per heavy atom. The maximum atomic E-state index is 11.4. The van der Waals surface area contributed by atoms with Gasteiger partial charge in [0.05, 0.1) is 6.61 Å². The normalized spacial score (nSPS) is 11.5. The number of halogens is 1. The van der Waals surface area contributed by atoms with E-state index in [1.165, 1.54) is 0 Å². The van der Waals surface area contributed by atoms with E-state index in [0.717, 1.165) is 18.9 Å². The highest BCUT2D eigenvalue weighted by Crippen LogP contribution is 2.25. The summed E-state index contributed by atoms with van der Waals surface area (Å²) < 4.78 is 31.8. The number of furan rings is 1. The number of hydrogen-bond donors (Lipinski definition) is 1. The highest BCUT2D eigenvalue weighted by molar-refractivity contribution is 9.10. The fourth-order valence-electron chi connectivity index (χ4n) is 1.03. The van der Waals surface area contributed by atoms with Crippen molar-refractivity contribution < 1.29 is 22.4 Å². The predicted molar refractivity (Wildman–Crippen MR) is 63.0 cm³/mol. The summed E-state index contributed by atoms with van der Waals surface area (Å²) >= 11 is 2.87. The number of nitrogens with two attached hydrogens (primary N) is 1. The van der Waals surface area contributed by atoms with Gasteiger partial charge in [-0.1, -0.05) is 13.3 Å². The van der Waals surface area contributed by atoms with Gasteiger partial charge < -0.3 is 9.15 Å². The highest BCUT2D eigenvalue weighted by atomic mass is 79.9. The first-order chi connectivity index (χ1) is 7.86. The molecule has 0 aliphatic heterocycles. The van der Waals surface area contributed by atoms with E-state index in [1.54, 1.807) is 0 Å². The average molecular weight is 326 g/mol. The lowest BCUT2D eigenvalue weighted by Gasteiger charge is -1.99. The minimum absolute atomic E-state index is 0.109. The van der Waals surface area contributed by atoms with Crippen molar-refractivity contribution in [3.8, 4) is 0 Å². The van der Waals surface area contributed by atoms with Crippen molar-refractivity contribution in [2.75, 3.05) is 6.61 Å². The summed E-state index contributed by atoms with van der Waals surface area (Å²) in [5.41, 5.74) is 0. The zero-order valence-electron chi connectivity index (χ0n) is 9.10. The standard InChI is InChI=1S/C9H12BrNO5S/c1-2-3-4-15-9(12)6-5-7(8(10)16-6)17(11,13)14/h5H,2-4H2,1H3,(H2,11,13,14). The van der Waals surface area contributed by atoms with Gasteiger partial charge in [-0.25, -0.2) is 18.4 Å². The number of carbonyl (C=O) groups is 1. The molecule has 2 N–H and O–H groups in total. The van der Waals surface area contributed by atoms with Crippen LogP contribution in [0.4, 0.5) is 0 Å². The lowest BCUT2D eigenvalue weighted by Crippen LogP contribution is -2.11. The van der Waals surface area contributed by atoms with Crippen LogP contribution in [0.15, 0.2) is 20.0 Å². The van der Waals surface area contributed by atoms with Crippen molar-refractivity contribution >= 4 is 31.9 Å². The molecule has 0 bridgehead atoms. The van der Waals surface area contributed by atoms with E-state index in [-0.39, 0.29) is 21.9 Å². The van der Waals surface area contributed by atoms with Gasteiger partial charge in [0.15, 0.2) is 4.67 Å². The number of hydrogen-bond acceptors (Lipinski definition) is 5. The predicted octanol–water partition coefficient (Wildman–Crippen LogP) is 1.65. The van der Waals surface area contributed by atoms with Gasteiger partial charge in [0.1, 0.15) is 4.90 Å². The number of carbonyl (C=O) groups excluding carboxylic acids is 1. The smallest absolute Gasteiger partial charge is 0.374 e. The molecule has 1 aromatic rings. The molecule has 0 atom stereocenters. The molecular weight excluding hydrogens is 314 g/mol. The van der Waals surface area contributed by atoms with E-state index in [1.807, 2.05) is 6.92 Å². The summed E-state index contributed by atoms with van der Waals surface area (Å²) in [6.45, 7) is 2.22. The molecule has 0 aliphatic rings. The maximum absolute atomic E-state index is 11.4. The Hall–Kier alpha value is -0.860. The summed E-state index contributed by atoms with van der Waals surface area (Å²) in [6, 6.07) is 1.04. The molecule has 8 heteroatoms. The number of unbranched alkanes of at least 4 members (excludes halogenated alkanes) is 1. The Morgan fingerprint density at radius 3 is 2.71 bits per heavy atom. The first kappa shape index (κ1) is 14.2. The van der Waals surface area contributed by atoms with E-state index in [0.29, 0.717) is 0 Å². The third-order valence-corrected chi connectivity index (χ3v) is 3.66. The van der Waals surface area contributed by atoms with E-state index in [2.05, 4.69) is 15.9 Å². The lowest BCUT2D eigenvalue weighted by atomic mass is 10.4. The number of sulfonamides is 1. The number of primary sulfonamides is 1. The van der Waals surface area contributed by atoms with Crippen molar-refractivity contribution in [2.45, 2.75) is 24.7 Å². The van der Waals surface area contributed by atoms with Crippen molar-refractivity contribution in [3.63, 3.8) is 0 Å². The summed E-state index contributed by atoms with van der Waals surface area (Å²) in [6.07, 6.45) is 1.62. The van der Waals surface area contributed by atoms with Gasteiger partial charge in [-0.3, -0.25) is 0 Å². The lowest BCUT2D eigenvalue weighted by molar-refractivity contribution is 0.0462. The molecule has 0 aromatic carbocycles. The van der Waals surface area contributed by atoms with Crippen molar-refractivity contribution in [1.29, 1.82) is 0 Å². The topological polar surface area (TPSA) is 99.6 Å². The summed E-state index contributed by atoms with van der Waals surface area (Å²) in [4.78, 5) is 11.2. The fourth-order valence-corrected chi connectivity index (χ4v) is 2.53. The molecule has 0 aliphatic carbocycles. The molecule has 6 nitrogen and oxygen atoms in total. The highest BCUT2D eigenvalue weighted by Gasteiger charge is 2.22. The van der Waals surface area contributed by atoms with Crippen LogP contribution in [-0.2, 0) is 14.8 Å². The van der Waals surface area contributed by atoms with Gasteiger partial charge in [-0.15, -0.1) is 0 Å². The first-order valence-corrected chi connectivity index (χ1v) is 7.19. The number of rotatable bonds is 5. The second kappa shape index (κ2) is 5.65. The fraction of sp³-hybridized carbons (Fsp3) is 0.444. The Balaban J connectivity index is 2.83. The molecule has 0 saturated carbocycles. The van der Waals surface area contributed by atoms with Gasteiger partial charge >= 0.3 is 5.97 Å². The maximum Gasteiger partial charge on any atom is 0.374 e. The quantitative estimate of drug-likeness (QED) is 0.655. The van der Waals surface area contributed by atoms with Crippen LogP contribution in [-0.4, -0.2) is 21.0 Å². The molecule has 1 aromatic heterocycles. The third kappa shape index (κ3) is 3.83. The molecule has 0 saturated heterocycles. The molecule has 0 radical (unpaired) electrons. The van der Waals surface area contributed by atoms with E-state index < -0.39 is 16.0 Å². The van der Waals surface area contributed by atoms with E-state index in [4.69, 9.17) is 14.3 Å². The zero-order valence-corrected chi connectivity index (χ0v) is 11.5. The summed E-state index contributed by atoms with van der Waals surface area (Å²) in [7, 11) is -3.92. The Kier molecular flexibility index (Phi) is 4.72. The largest absolute Gasteiger partial charge is 0.460 e. The molecule has 0 fully saturated rings. The SMILES string of the molecule is CCCCOC(=O)c1cc(S(N)(=O)=O)c(Br)o1. The molecule has 1 rings (SSSR count). The van der Waals surface area contributed by atoms with Crippen LogP contribution >= 0.6 is 15.9 Å². The molecule has 0 spiro atoms. The molecule has 96 valence electrons. The molecule has 0 amide bonds. The van der Waals surface area contributed by atoms with Gasteiger partial charge in [0.25, 0.3) is 0 Å². The van der Waals surface area contributed by atoms with E-state index >= 15 is 0 Å². The van der Waals surface area contributed by atoms with Crippen LogP contribution < -0.4 is 5.14 Å². The van der Waals surface area contributed by atoms with Crippen LogP contribution in [0.2, 0.25) is 0 Å². The third-order valence-electron chi connectivity index (χ3n) is 1.89. The molecular formula is C9H12BrNO5S. The summed E-state index contributed by atoms with van der Waals surface area (Å²) in [5, 5.41) is 4.92. The van der Waals surface area contributed by atoms with E-state index in [9.17, 15) is 13.2 Å². The average Bonchev–Trinajstić information content (AvgIpc) is 2.60. The molecule has 0 unspecified atom stereocenters. The van der Waals surface area contributed by atoms with Crippen LogP contribution in [0.25, 0.3) is 0 Å². The summed E-state index contributed by atoms with van der Waals surface area (Å²) in [5.74, 6) is -0.911. The minimum Gasteiger partial charge on any atom is -0.460 e. The number of esters is 1. The second-order valence-corrected chi connectivity index (χ2v) is 5.53. The Labute approximate surface area is 107 Å². The van der Waals surface area contributed by atoms with Gasteiger partial charge in [0.2, 0.25) is 15.8 Å². The Morgan fingerprint density at radius 1 is 1.59 bits per heavy atom. The second-order valence-electron chi connectivity index (χ2n) is 3.28. The monoisotopic (exact) mass is 325 g/mol. The molecule has 17 heavy (non-hydrogen) atoms.